The van der Waals surface area contributed by atoms with Crippen molar-refractivity contribution in [3.63, 3.8) is 0 Å². The fraction of sp³-hybridized carbons (Fsp3) is 0.357. The van der Waals surface area contributed by atoms with Gasteiger partial charge in [-0.1, -0.05) is 12.1 Å². The normalized spacial score (nSPS) is 10.9. The van der Waals surface area contributed by atoms with Crippen LogP contribution in [0.3, 0.4) is 0 Å². The molecule has 0 aliphatic carbocycles. The van der Waals surface area contributed by atoms with Gasteiger partial charge < -0.3 is 15.3 Å². The number of nitrogens with zero attached hydrogens (tertiary/aromatic N) is 3. The average Bonchev–Trinajstić information content (AvgIpc) is 2.82. The Labute approximate surface area is 113 Å². The second-order valence-corrected chi connectivity index (χ2v) is 4.79. The van der Waals surface area contributed by atoms with Crippen LogP contribution in [0.5, 0.6) is 5.75 Å². The summed E-state index contributed by atoms with van der Waals surface area (Å²) in [7, 11) is 4.09. The highest BCUT2D eigenvalue weighted by Crippen LogP contribution is 2.12. The maximum Gasteiger partial charge on any atom is 0.148 e. The summed E-state index contributed by atoms with van der Waals surface area (Å²) in [5.41, 5.74) is 1.03. The number of likely N-dealkylation sites (N-methyl/N-ethyl adjacent to an activating group) is 1. The Morgan fingerprint density at radius 3 is 2.89 bits per heavy atom. The molecule has 2 aromatic rings. The lowest BCUT2D eigenvalue weighted by Crippen LogP contribution is -2.18. The molecule has 0 aliphatic heterocycles. The van der Waals surface area contributed by atoms with Crippen LogP contribution in [0.15, 0.2) is 36.5 Å². The average molecular weight is 260 g/mol. The van der Waals surface area contributed by atoms with Crippen molar-refractivity contribution in [1.29, 1.82) is 0 Å². The lowest BCUT2D eigenvalue weighted by atomic mass is 10.2. The Hall–Kier alpha value is -2.01. The van der Waals surface area contributed by atoms with Crippen LogP contribution in [-0.2, 0) is 13.1 Å². The molecule has 0 radical (unpaired) electrons. The number of hydrogen-bond donors (Lipinski definition) is 2. The lowest BCUT2D eigenvalue weighted by Gasteiger charge is -2.08. The summed E-state index contributed by atoms with van der Waals surface area (Å²) >= 11 is 0. The van der Waals surface area contributed by atoms with Crippen LogP contribution >= 0.6 is 0 Å². The number of nitrogens with one attached hydrogen (secondary N) is 1. The Morgan fingerprint density at radius 1 is 1.32 bits per heavy atom. The minimum Gasteiger partial charge on any atom is -0.508 e. The Morgan fingerprint density at radius 2 is 2.16 bits per heavy atom. The molecule has 5 nitrogen and oxygen atoms in total. The molecule has 0 unspecified atom stereocenters. The zero-order chi connectivity index (χ0) is 13.7. The van der Waals surface area contributed by atoms with Gasteiger partial charge in [0.25, 0.3) is 0 Å². The summed E-state index contributed by atoms with van der Waals surface area (Å²) in [4.78, 5) is 2.13. The van der Waals surface area contributed by atoms with E-state index in [9.17, 15) is 5.11 Å². The highest BCUT2D eigenvalue weighted by atomic mass is 16.3. The van der Waals surface area contributed by atoms with Crippen LogP contribution in [0.1, 0.15) is 5.56 Å². The van der Waals surface area contributed by atoms with E-state index in [-0.39, 0.29) is 5.75 Å². The van der Waals surface area contributed by atoms with Gasteiger partial charge in [-0.05, 0) is 31.8 Å². The minimum atomic E-state index is 0.288. The van der Waals surface area contributed by atoms with Crippen molar-refractivity contribution in [2.75, 3.05) is 26.0 Å². The van der Waals surface area contributed by atoms with Gasteiger partial charge in [-0.25, -0.2) is 0 Å². The predicted molar refractivity (Wildman–Crippen MR) is 76.2 cm³/mol. The van der Waals surface area contributed by atoms with Gasteiger partial charge in [0.1, 0.15) is 11.6 Å². The maximum absolute atomic E-state index is 9.38. The third kappa shape index (κ3) is 4.30. The SMILES string of the molecule is CN(C)CCn1ccc(NCc2cccc(O)c2)n1. The first-order valence-electron chi connectivity index (χ1n) is 6.33. The summed E-state index contributed by atoms with van der Waals surface area (Å²) in [5.74, 6) is 1.14. The van der Waals surface area contributed by atoms with Gasteiger partial charge in [0.15, 0.2) is 0 Å². The number of benzene rings is 1. The Kier molecular flexibility index (Phi) is 4.41. The predicted octanol–water partition coefficient (Wildman–Crippen LogP) is 1.76. The van der Waals surface area contributed by atoms with E-state index >= 15 is 0 Å². The monoisotopic (exact) mass is 260 g/mol. The van der Waals surface area contributed by atoms with E-state index in [4.69, 9.17) is 0 Å². The van der Waals surface area contributed by atoms with E-state index in [1.807, 2.05) is 43.2 Å². The van der Waals surface area contributed by atoms with Gasteiger partial charge in [-0.3, -0.25) is 4.68 Å². The van der Waals surface area contributed by atoms with Crippen molar-refractivity contribution >= 4 is 5.82 Å². The molecule has 0 saturated carbocycles. The van der Waals surface area contributed by atoms with Crippen LogP contribution in [0, 0.1) is 0 Å². The van der Waals surface area contributed by atoms with E-state index in [2.05, 4.69) is 15.3 Å². The zero-order valence-electron chi connectivity index (χ0n) is 11.4. The second-order valence-electron chi connectivity index (χ2n) is 4.79. The van der Waals surface area contributed by atoms with Crippen molar-refractivity contribution in [1.82, 2.24) is 14.7 Å². The molecule has 0 spiro atoms. The first-order valence-corrected chi connectivity index (χ1v) is 6.33. The van der Waals surface area contributed by atoms with Gasteiger partial charge in [0, 0.05) is 25.4 Å². The molecule has 0 atom stereocenters. The van der Waals surface area contributed by atoms with Gasteiger partial charge in [-0.2, -0.15) is 5.10 Å². The molecule has 5 heteroatoms. The van der Waals surface area contributed by atoms with Crippen molar-refractivity contribution in [3.05, 3.63) is 42.1 Å². The smallest absolute Gasteiger partial charge is 0.148 e. The molecule has 102 valence electrons. The first kappa shape index (κ1) is 13.4. The highest BCUT2D eigenvalue weighted by Gasteiger charge is 2.00. The number of anilines is 1. The Balaban J connectivity index is 1.86. The number of phenols is 1. The largest absolute Gasteiger partial charge is 0.508 e. The first-order chi connectivity index (χ1) is 9.13. The van der Waals surface area contributed by atoms with Crippen LogP contribution in [0.4, 0.5) is 5.82 Å². The Bertz CT molecular complexity index is 522. The van der Waals surface area contributed by atoms with E-state index in [1.165, 1.54) is 0 Å². The summed E-state index contributed by atoms with van der Waals surface area (Å²) in [6.07, 6.45) is 1.97. The number of aromatic nitrogens is 2. The number of hydrogen-bond acceptors (Lipinski definition) is 4. The summed E-state index contributed by atoms with van der Waals surface area (Å²) in [6, 6.07) is 9.17. The zero-order valence-corrected chi connectivity index (χ0v) is 11.4. The van der Waals surface area contributed by atoms with E-state index in [0.717, 1.165) is 24.5 Å². The minimum absolute atomic E-state index is 0.288. The van der Waals surface area contributed by atoms with Gasteiger partial charge in [-0.15, -0.1) is 0 Å². The summed E-state index contributed by atoms with van der Waals surface area (Å²) in [5, 5.41) is 17.1. The molecule has 1 aromatic heterocycles. The van der Waals surface area contributed by atoms with Gasteiger partial charge in [0.2, 0.25) is 0 Å². The van der Waals surface area contributed by atoms with Crippen molar-refractivity contribution in [2.24, 2.45) is 0 Å². The maximum atomic E-state index is 9.38. The molecule has 2 rings (SSSR count). The standard InChI is InChI=1S/C14H20N4O/c1-17(2)8-9-18-7-6-14(16-18)15-11-12-4-3-5-13(19)10-12/h3-7,10,19H,8-9,11H2,1-2H3,(H,15,16). The molecular weight excluding hydrogens is 240 g/mol. The van der Waals surface area contributed by atoms with Crippen molar-refractivity contribution in [2.45, 2.75) is 13.1 Å². The highest BCUT2D eigenvalue weighted by molar-refractivity contribution is 5.35. The summed E-state index contributed by atoms with van der Waals surface area (Å²) in [6.45, 7) is 2.49. The fourth-order valence-corrected chi connectivity index (χ4v) is 1.74. The van der Waals surface area contributed by atoms with Crippen LogP contribution < -0.4 is 5.32 Å². The van der Waals surface area contributed by atoms with Crippen LogP contribution in [0.2, 0.25) is 0 Å². The third-order valence-corrected chi connectivity index (χ3v) is 2.80. The fourth-order valence-electron chi connectivity index (χ4n) is 1.74. The van der Waals surface area contributed by atoms with Crippen LogP contribution in [-0.4, -0.2) is 40.4 Å². The number of rotatable bonds is 6. The van der Waals surface area contributed by atoms with E-state index in [0.29, 0.717) is 6.54 Å². The van der Waals surface area contributed by atoms with Gasteiger partial charge in [0.05, 0.1) is 6.54 Å². The third-order valence-electron chi connectivity index (χ3n) is 2.80. The molecule has 1 heterocycles. The molecule has 0 bridgehead atoms. The molecule has 2 N–H and O–H groups in total. The summed E-state index contributed by atoms with van der Waals surface area (Å²) < 4.78 is 1.92. The van der Waals surface area contributed by atoms with Crippen molar-refractivity contribution < 1.29 is 5.11 Å². The number of phenolic OH excluding ortho intramolecular Hbond substituents is 1. The molecule has 1 aromatic carbocycles. The van der Waals surface area contributed by atoms with E-state index in [1.54, 1.807) is 12.1 Å². The molecule has 0 aliphatic rings. The molecule has 0 amide bonds. The lowest BCUT2D eigenvalue weighted by molar-refractivity contribution is 0.373. The van der Waals surface area contributed by atoms with Crippen molar-refractivity contribution in [3.8, 4) is 5.75 Å². The molecular formula is C14H20N4O. The topological polar surface area (TPSA) is 53.3 Å². The second kappa shape index (κ2) is 6.24. The molecule has 0 fully saturated rings. The molecule has 19 heavy (non-hydrogen) atoms. The van der Waals surface area contributed by atoms with Crippen LogP contribution in [0.25, 0.3) is 0 Å². The quantitative estimate of drug-likeness (QED) is 0.831. The number of aromatic hydroxyl groups is 1. The van der Waals surface area contributed by atoms with E-state index < -0.39 is 0 Å². The van der Waals surface area contributed by atoms with Gasteiger partial charge >= 0.3 is 0 Å². The molecule has 0 saturated heterocycles.